The average Bonchev–Trinajstić information content (AvgIpc) is 3.72. The first-order valence-electron chi connectivity index (χ1n) is 17.6. The number of alkyl carbamates (subject to hydrolysis) is 1. The summed E-state index contributed by atoms with van der Waals surface area (Å²) in [4.78, 5) is 57.0. The van der Waals surface area contributed by atoms with Crippen molar-refractivity contribution in [1.29, 1.82) is 0 Å². The number of pyridine rings is 1. The molecule has 1 aromatic heterocycles. The largest absolute Gasteiger partial charge is 0.481 e. The number of unbranched alkanes of at least 4 members (excludes halogenated alkanes) is 3. The number of nitrogens with zero attached hydrogens (tertiary/aromatic N) is 2. The monoisotopic (exact) mass is 674 g/mol. The first-order chi connectivity index (χ1) is 23.4. The molecule has 11 heteroatoms. The van der Waals surface area contributed by atoms with Gasteiger partial charge in [-0.3, -0.25) is 14.4 Å². The Balaban J connectivity index is 1.26. The maximum Gasteiger partial charge on any atom is 0.408 e. The highest BCUT2D eigenvalue weighted by Crippen LogP contribution is 2.40. The van der Waals surface area contributed by atoms with E-state index in [2.05, 4.69) is 11.4 Å². The number of likely N-dealkylation sites (tertiary alicyclic amines) is 1. The van der Waals surface area contributed by atoms with Crippen LogP contribution < -0.4 is 15.8 Å². The average molecular weight is 675 g/mol. The van der Waals surface area contributed by atoms with Crippen molar-refractivity contribution >= 4 is 23.9 Å². The minimum atomic E-state index is -0.916. The van der Waals surface area contributed by atoms with Gasteiger partial charge in [0, 0.05) is 17.5 Å². The zero-order chi connectivity index (χ0) is 35.1. The van der Waals surface area contributed by atoms with Crippen LogP contribution in [0.4, 0.5) is 4.79 Å². The van der Waals surface area contributed by atoms with Crippen LogP contribution in [-0.4, -0.2) is 69.2 Å². The van der Waals surface area contributed by atoms with E-state index in [1.807, 2.05) is 42.5 Å². The Morgan fingerprint density at radius 2 is 1.84 bits per heavy atom. The zero-order valence-corrected chi connectivity index (χ0v) is 28.9. The number of hydrogen-bond donors (Lipinski definition) is 3. The smallest absolute Gasteiger partial charge is 0.408 e. The van der Waals surface area contributed by atoms with Crippen molar-refractivity contribution in [3.8, 4) is 17.1 Å². The summed E-state index contributed by atoms with van der Waals surface area (Å²) < 4.78 is 12.0. The van der Waals surface area contributed by atoms with E-state index in [9.17, 15) is 19.2 Å². The number of aromatic nitrogens is 1. The van der Waals surface area contributed by atoms with Crippen LogP contribution in [0.5, 0.6) is 5.88 Å². The summed E-state index contributed by atoms with van der Waals surface area (Å²) >= 11 is 0. The molecule has 0 unspecified atom stereocenters. The lowest BCUT2D eigenvalue weighted by molar-refractivity contribution is -0.139. The fraction of sp³-hybridized carbons (Fsp3) is 0.553. The van der Waals surface area contributed by atoms with Crippen molar-refractivity contribution in [3.05, 3.63) is 59.7 Å². The van der Waals surface area contributed by atoms with Gasteiger partial charge < -0.3 is 30.5 Å². The molecule has 264 valence electrons. The number of allylic oxidation sites excluding steroid dienone is 2. The normalized spacial score (nSPS) is 22.3. The molecule has 1 aliphatic heterocycles. The summed E-state index contributed by atoms with van der Waals surface area (Å²) in [5, 5.41) is 11.8. The number of hydrogen-bond acceptors (Lipinski definition) is 7. The number of ether oxygens (including phenoxy) is 2. The quantitative estimate of drug-likeness (QED) is 0.173. The summed E-state index contributed by atoms with van der Waals surface area (Å²) in [6, 6.07) is 10.3. The Bertz CT molecular complexity index is 1540. The molecule has 2 aliphatic carbocycles. The molecule has 0 bridgehead atoms. The molecule has 49 heavy (non-hydrogen) atoms. The van der Waals surface area contributed by atoms with Gasteiger partial charge in [0.1, 0.15) is 23.8 Å². The zero-order valence-electron chi connectivity index (χ0n) is 28.9. The van der Waals surface area contributed by atoms with Crippen molar-refractivity contribution in [1.82, 2.24) is 15.2 Å². The molecular formula is C38H50N4O7. The fourth-order valence-electron chi connectivity index (χ4n) is 6.79. The van der Waals surface area contributed by atoms with Crippen molar-refractivity contribution in [2.24, 2.45) is 17.6 Å². The third kappa shape index (κ3) is 9.83. The summed E-state index contributed by atoms with van der Waals surface area (Å²) in [7, 11) is 0. The Kier molecular flexibility index (Phi) is 11.6. The third-order valence-corrected chi connectivity index (χ3v) is 9.42. The van der Waals surface area contributed by atoms with Gasteiger partial charge in [0.05, 0.1) is 18.2 Å². The predicted octanol–water partition coefficient (Wildman–Crippen LogP) is 5.58. The predicted molar refractivity (Wildman–Crippen MR) is 185 cm³/mol. The van der Waals surface area contributed by atoms with Crippen LogP contribution in [0.25, 0.3) is 11.3 Å². The highest BCUT2D eigenvalue weighted by Gasteiger charge is 2.43. The molecule has 1 saturated carbocycles. The van der Waals surface area contributed by atoms with E-state index < -0.39 is 47.7 Å². The summed E-state index contributed by atoms with van der Waals surface area (Å²) in [6.07, 6.45) is 11.1. The molecule has 2 aromatic rings. The first-order valence-corrected chi connectivity index (χ1v) is 17.6. The molecule has 4 N–H and O–H groups in total. The van der Waals surface area contributed by atoms with Crippen molar-refractivity contribution < 1.29 is 33.8 Å². The molecule has 1 aromatic carbocycles. The Morgan fingerprint density at radius 1 is 1.08 bits per heavy atom. The number of rotatable bonds is 14. The van der Waals surface area contributed by atoms with E-state index in [4.69, 9.17) is 25.3 Å². The van der Waals surface area contributed by atoms with Gasteiger partial charge in [-0.15, -0.1) is 0 Å². The molecule has 5 rings (SSSR count). The Labute approximate surface area is 288 Å². The van der Waals surface area contributed by atoms with E-state index >= 15 is 0 Å². The molecule has 2 fully saturated rings. The SMILES string of the molecule is CC(C)(C)OC(=O)N[C@@H](CCCCC/C=C\[C@@H]1C[C@@H]1C(=O)O)C(=O)N1C[C@H](Oc2nc(-c3ccccc3)cc3c2CCCC3)C[C@H]1C(N)=O. The van der Waals surface area contributed by atoms with Gasteiger partial charge in [0.15, 0.2) is 0 Å². The van der Waals surface area contributed by atoms with E-state index in [0.29, 0.717) is 25.1 Å². The number of fused-ring (bicyclic) bond motifs is 1. The number of nitrogens with two attached hydrogens (primary N) is 1. The summed E-state index contributed by atoms with van der Waals surface area (Å²) in [5.74, 6) is -1.37. The molecule has 11 nitrogen and oxygen atoms in total. The number of aryl methyl sites for hydroxylation is 1. The molecule has 0 radical (unpaired) electrons. The lowest BCUT2D eigenvalue weighted by Crippen LogP contribution is -2.53. The number of aliphatic carboxylic acids is 1. The van der Waals surface area contributed by atoms with Gasteiger partial charge in [0.25, 0.3) is 0 Å². The minimum Gasteiger partial charge on any atom is -0.481 e. The van der Waals surface area contributed by atoms with Crippen molar-refractivity contribution in [2.45, 2.75) is 115 Å². The summed E-state index contributed by atoms with van der Waals surface area (Å²) in [6.45, 7) is 5.39. The Hall–Kier alpha value is -4.41. The molecule has 3 amide bonds. The molecule has 5 atom stereocenters. The molecule has 2 heterocycles. The summed E-state index contributed by atoms with van der Waals surface area (Å²) in [5.41, 5.74) is 9.18. The van der Waals surface area contributed by atoms with Crippen LogP contribution in [0.15, 0.2) is 48.6 Å². The van der Waals surface area contributed by atoms with Gasteiger partial charge in [-0.2, -0.15) is 0 Å². The first kappa shape index (κ1) is 35.9. The molecular weight excluding hydrogens is 624 g/mol. The van der Waals surface area contributed by atoms with E-state index in [-0.39, 0.29) is 24.8 Å². The second-order valence-corrected chi connectivity index (χ2v) is 14.5. The number of carboxylic acids is 1. The van der Waals surface area contributed by atoms with Crippen LogP contribution in [-0.2, 0) is 32.0 Å². The van der Waals surface area contributed by atoms with Crippen molar-refractivity contribution in [2.75, 3.05) is 6.54 Å². The van der Waals surface area contributed by atoms with E-state index in [1.165, 1.54) is 10.5 Å². The lowest BCUT2D eigenvalue weighted by atomic mass is 9.91. The maximum atomic E-state index is 14.1. The number of carbonyl (C=O) groups is 4. The van der Waals surface area contributed by atoms with Crippen LogP contribution in [0, 0.1) is 11.8 Å². The van der Waals surface area contributed by atoms with Gasteiger partial charge in [-0.05, 0) is 89.7 Å². The number of carbonyl (C=O) groups excluding carboxylic acids is 3. The second kappa shape index (κ2) is 15.9. The van der Waals surface area contributed by atoms with Crippen molar-refractivity contribution in [3.63, 3.8) is 0 Å². The lowest BCUT2D eigenvalue weighted by Gasteiger charge is -2.29. The van der Waals surface area contributed by atoms with E-state index in [1.54, 1.807) is 20.8 Å². The molecule has 0 spiro atoms. The highest BCUT2D eigenvalue weighted by molar-refractivity contribution is 5.91. The number of primary amides is 1. The minimum absolute atomic E-state index is 0.123. The highest BCUT2D eigenvalue weighted by atomic mass is 16.6. The molecule has 1 saturated heterocycles. The Morgan fingerprint density at radius 3 is 2.53 bits per heavy atom. The number of amides is 3. The number of nitrogens with one attached hydrogen (secondary N) is 1. The molecule has 3 aliphatic rings. The number of carboxylic acid groups (broad SMARTS) is 1. The van der Waals surface area contributed by atoms with Gasteiger partial charge in [-0.25, -0.2) is 9.78 Å². The van der Waals surface area contributed by atoms with Crippen LogP contribution >= 0.6 is 0 Å². The topological polar surface area (TPSA) is 161 Å². The van der Waals surface area contributed by atoms with Gasteiger partial charge in [0.2, 0.25) is 17.7 Å². The third-order valence-electron chi connectivity index (χ3n) is 9.42. The van der Waals surface area contributed by atoms with Gasteiger partial charge >= 0.3 is 12.1 Å². The van der Waals surface area contributed by atoms with Crippen LogP contribution in [0.2, 0.25) is 0 Å². The standard InChI is InChI=1S/C38H50N4O7/c1-38(2,3)49-37(47)41-30(19-11-6-4-5-8-16-25-20-29(25)36(45)46)35(44)42-23-27(22-32(42)33(39)43)48-34-28-18-13-12-17-26(28)21-31(40-34)24-14-9-7-10-15-24/h7-10,14-16,21,25,27,29-30,32H,4-6,11-13,17-20,22-23H2,1-3H3,(H2,39,43)(H,41,47)(H,45,46)/b16-8-/t25-,27-,29+,30+,32+/m1/s1. The number of benzene rings is 1. The van der Waals surface area contributed by atoms with Crippen LogP contribution in [0.1, 0.15) is 89.7 Å². The fourth-order valence-corrected chi connectivity index (χ4v) is 6.79. The maximum absolute atomic E-state index is 14.1. The van der Waals surface area contributed by atoms with Crippen LogP contribution in [0.3, 0.4) is 0 Å². The van der Waals surface area contributed by atoms with E-state index in [0.717, 1.165) is 61.8 Å². The second-order valence-electron chi connectivity index (χ2n) is 14.5. The van der Waals surface area contributed by atoms with Gasteiger partial charge in [-0.1, -0.05) is 55.3 Å².